The molecule has 34 nitrogen and oxygen atoms in total. The number of carbonyl (C=O) groups is 13. The number of primary amides is 1. The van der Waals surface area contributed by atoms with E-state index in [1.807, 2.05) is 13.8 Å². The van der Waals surface area contributed by atoms with Crippen molar-refractivity contribution in [2.75, 3.05) is 24.7 Å². The zero-order valence-electron chi connectivity index (χ0n) is 66.7. The standard InChI is InChI=1S/C84H106N16O18S2/c1-47(2)87-42-55-29-27-53(28-30-55)39-63-77(110)99-70(48(3)102)81(114)94-64(38-52-22-12-7-13-23-52)78(111)100-71(49(4)103)82(115)95-67(44-101)79(112)97-69(83(116)117)46-120-119-45-68(96-75(108)65(98-84(86)118)40-54-31-33-57(104)34-32-54)80(113)89-60(26-16-17-35-85)72(105)90-61(36-50-18-8-5-9-19-50)73(106)91-62(37-51-20-10-6-11-21-51)74(107)93-66(76(109)92-63)41-56-43-88-59-25-15-14-24-58(56)59/h5-15,18-25,27-34,43,47-49,60-71,87-88,101-104H,16-17,26,35-42,44-46,85H2,1-4H3,(H,89,113)(H,90,105)(H,91,106)(H,92,109)(H,93,107)(H,94,114)(H,95,115)(H,96,108)(H,97,112)(H,99,110)(H,100,111)(H,116,117)(H3,86,98,118)/t48-,49-,60+,61?,62+,63?,64+,65+,66?,67+,68?,69+,70?,71?/m1/s1. The van der Waals surface area contributed by atoms with Gasteiger partial charge >= 0.3 is 12.0 Å². The maximum absolute atomic E-state index is 15.7. The summed E-state index contributed by atoms with van der Waals surface area (Å²) in [4.78, 5) is 193. The normalized spacial score (nSPS) is 22.4. The number of carboxylic acid groups (broad SMARTS) is 1. The average Bonchev–Trinajstić information content (AvgIpc) is 1.62. The molecule has 14 atom stereocenters. The van der Waals surface area contributed by atoms with E-state index in [-0.39, 0.29) is 69.7 Å². The van der Waals surface area contributed by atoms with E-state index in [2.05, 4.69) is 74.1 Å². The van der Waals surface area contributed by atoms with Crippen LogP contribution in [0.5, 0.6) is 5.75 Å². The summed E-state index contributed by atoms with van der Waals surface area (Å²) in [6.07, 6.45) is -3.11. The number of benzene rings is 6. The van der Waals surface area contributed by atoms with Gasteiger partial charge in [0, 0.05) is 79.7 Å². The van der Waals surface area contributed by atoms with Crippen LogP contribution in [0.2, 0.25) is 0 Å². The third-order valence-corrected chi connectivity index (χ3v) is 22.0. The average molecular weight is 1690 g/mol. The number of aliphatic hydroxyl groups is 3. The van der Waals surface area contributed by atoms with Crippen LogP contribution in [0, 0.1) is 0 Å². The summed E-state index contributed by atoms with van der Waals surface area (Å²) in [6.45, 7) is 5.64. The summed E-state index contributed by atoms with van der Waals surface area (Å²) >= 11 is 0. The number of aliphatic hydroxyl groups excluding tert-OH is 3. The molecule has 0 spiro atoms. The van der Waals surface area contributed by atoms with Crippen molar-refractivity contribution in [1.29, 1.82) is 0 Å². The van der Waals surface area contributed by atoms with Crippen molar-refractivity contribution in [2.45, 2.75) is 183 Å². The fourth-order valence-electron chi connectivity index (χ4n) is 13.0. The highest BCUT2D eigenvalue weighted by Crippen LogP contribution is 2.25. The molecule has 0 saturated carbocycles. The Bertz CT molecular complexity index is 4610. The molecule has 6 unspecified atom stereocenters. The summed E-state index contributed by atoms with van der Waals surface area (Å²) in [7, 11) is 1.55. The number of carboxylic acids is 1. The number of hydrogen-bond acceptors (Lipinski definition) is 21. The van der Waals surface area contributed by atoms with Crippen molar-refractivity contribution in [3.8, 4) is 5.75 Å². The van der Waals surface area contributed by atoms with Gasteiger partial charge in [-0.15, -0.1) is 0 Å². The number of hydrogen-bond donors (Lipinski definition) is 21. The van der Waals surface area contributed by atoms with Gasteiger partial charge in [-0.1, -0.05) is 181 Å². The van der Waals surface area contributed by atoms with Crippen LogP contribution >= 0.6 is 21.6 Å². The van der Waals surface area contributed by atoms with E-state index >= 15 is 28.8 Å². The molecule has 8 rings (SSSR count). The Morgan fingerprint density at radius 3 is 1.34 bits per heavy atom. The van der Waals surface area contributed by atoms with Gasteiger partial charge in [0.2, 0.25) is 65.0 Å². The second-order valence-corrected chi connectivity index (χ2v) is 32.1. The number of carbonyl (C=O) groups excluding carboxylic acids is 12. The first kappa shape index (κ1) is 93.6. The van der Waals surface area contributed by atoms with Gasteiger partial charge in [-0.3, -0.25) is 52.7 Å². The Kier molecular flexibility index (Phi) is 36.7. The smallest absolute Gasteiger partial charge is 0.327 e. The van der Waals surface area contributed by atoms with Crippen molar-refractivity contribution in [3.05, 3.63) is 209 Å². The molecule has 13 amide bonds. The molecule has 1 aliphatic rings. The number of para-hydroxylation sites is 1. The Morgan fingerprint density at radius 2 is 0.875 bits per heavy atom. The maximum atomic E-state index is 15.7. The van der Waals surface area contributed by atoms with E-state index in [0.717, 1.165) is 34.1 Å². The van der Waals surface area contributed by atoms with Crippen LogP contribution in [0.4, 0.5) is 4.79 Å². The third kappa shape index (κ3) is 29.5. The van der Waals surface area contributed by atoms with Crippen molar-refractivity contribution < 1.29 is 87.9 Å². The number of fused-ring (bicyclic) bond motifs is 1. The number of H-pyrrole nitrogens is 1. The summed E-state index contributed by atoms with van der Waals surface area (Å²) in [5.74, 6) is -14.4. The van der Waals surface area contributed by atoms with Gasteiger partial charge in [-0.05, 0) is 96.8 Å². The molecule has 7 aromatic rings. The fraction of sp³-hybridized carbons (Fsp3) is 0.393. The number of aromatic nitrogens is 1. The van der Waals surface area contributed by atoms with E-state index < -0.39 is 180 Å². The highest BCUT2D eigenvalue weighted by atomic mass is 33.1. The lowest BCUT2D eigenvalue weighted by molar-refractivity contribution is -0.142. The van der Waals surface area contributed by atoms with Gasteiger partial charge in [-0.25, -0.2) is 9.59 Å². The van der Waals surface area contributed by atoms with Crippen molar-refractivity contribution >= 4 is 109 Å². The molecule has 0 bridgehead atoms. The molecule has 1 fully saturated rings. The highest BCUT2D eigenvalue weighted by Gasteiger charge is 2.40. The monoisotopic (exact) mass is 1690 g/mol. The van der Waals surface area contributed by atoms with Crippen LogP contribution < -0.4 is 80.6 Å². The lowest BCUT2D eigenvalue weighted by atomic mass is 9.99. The molecule has 0 aliphatic carbocycles. The van der Waals surface area contributed by atoms with Gasteiger partial charge < -0.3 is 111 Å². The number of aromatic hydroxyl groups is 1. The number of aromatic amines is 1. The lowest BCUT2D eigenvalue weighted by Crippen LogP contribution is -2.63. The van der Waals surface area contributed by atoms with E-state index in [0.29, 0.717) is 57.2 Å². The van der Waals surface area contributed by atoms with Crippen LogP contribution in [0.3, 0.4) is 0 Å². The molecule has 1 aromatic heterocycles. The predicted molar refractivity (Wildman–Crippen MR) is 450 cm³/mol. The molecule has 120 heavy (non-hydrogen) atoms. The predicted octanol–water partition coefficient (Wildman–Crippen LogP) is -0.140. The SMILES string of the molecule is CC(C)NCc1ccc(CC2NC(=O)C(Cc3c[nH]c4ccccc34)NC(=O)[C@H](Cc3ccccc3)NC(=O)C(Cc3ccccc3)NC(=O)[C@H](CCCCN)NC(=O)C(NC(=O)[C@H](Cc3ccc(O)cc3)NC(N)=O)CSSC[C@@H](C(=O)O)NC(=O)[C@H](CO)NC(=O)C([C@@H](C)O)NC(=O)[C@H](Cc3ccccc3)NC(=O)C([C@@H](C)O)NC2=O)cc1. The van der Waals surface area contributed by atoms with Gasteiger partial charge in [0.25, 0.3) is 0 Å². The number of urea groups is 1. The van der Waals surface area contributed by atoms with E-state index in [1.165, 1.54) is 31.2 Å². The van der Waals surface area contributed by atoms with Crippen LogP contribution in [0.15, 0.2) is 170 Å². The number of aliphatic carboxylic acids is 1. The van der Waals surface area contributed by atoms with Gasteiger partial charge in [0.05, 0.1) is 18.8 Å². The number of rotatable bonds is 26. The van der Waals surface area contributed by atoms with Gasteiger partial charge in [0.1, 0.15) is 78.3 Å². The molecular formula is C84H106N16O18S2. The molecular weight excluding hydrogens is 1590 g/mol. The number of unbranched alkanes of at least 4 members (excludes halogenated alkanes) is 1. The van der Waals surface area contributed by atoms with Crippen LogP contribution in [0.25, 0.3) is 10.9 Å². The molecule has 36 heteroatoms. The topological polar surface area (TPSA) is 547 Å². The van der Waals surface area contributed by atoms with Crippen LogP contribution in [0.1, 0.15) is 85.9 Å². The van der Waals surface area contributed by atoms with Crippen molar-refractivity contribution in [2.24, 2.45) is 11.5 Å². The first-order chi connectivity index (χ1) is 57.4. The quantitative estimate of drug-likeness (QED) is 0.0248. The summed E-state index contributed by atoms with van der Waals surface area (Å²) in [5, 5.41) is 88.6. The number of phenolic OH excluding ortho intramolecular Hbond substituents is 1. The van der Waals surface area contributed by atoms with Crippen molar-refractivity contribution in [1.82, 2.24) is 74.1 Å². The number of amides is 13. The minimum absolute atomic E-state index is 0.117. The summed E-state index contributed by atoms with van der Waals surface area (Å²) < 4.78 is 0. The molecule has 642 valence electrons. The van der Waals surface area contributed by atoms with Gasteiger partial charge in [-0.2, -0.15) is 0 Å². The Balaban J connectivity index is 1.23. The molecule has 1 aliphatic heterocycles. The Morgan fingerprint density at radius 1 is 0.467 bits per heavy atom. The Hall–Kier alpha value is -11.9. The van der Waals surface area contributed by atoms with Crippen molar-refractivity contribution in [3.63, 3.8) is 0 Å². The minimum Gasteiger partial charge on any atom is -0.508 e. The van der Waals surface area contributed by atoms with Gasteiger partial charge in [0.15, 0.2) is 0 Å². The van der Waals surface area contributed by atoms with E-state index in [9.17, 15) is 59.1 Å². The molecule has 2 heterocycles. The molecule has 1 saturated heterocycles. The molecule has 0 radical (unpaired) electrons. The third-order valence-electron chi connectivity index (χ3n) is 19.6. The van der Waals surface area contributed by atoms with Crippen LogP contribution in [-0.4, -0.2) is 223 Å². The zero-order chi connectivity index (χ0) is 87.0. The number of nitrogens with one attached hydrogen (secondary N) is 14. The summed E-state index contributed by atoms with van der Waals surface area (Å²) in [6, 6.07) is 23.4. The minimum atomic E-state index is -1.98. The zero-order valence-corrected chi connectivity index (χ0v) is 68.4. The maximum Gasteiger partial charge on any atom is 0.327 e. The van der Waals surface area contributed by atoms with E-state index in [1.54, 1.807) is 146 Å². The fourth-order valence-corrected chi connectivity index (χ4v) is 15.3. The van der Waals surface area contributed by atoms with E-state index in [4.69, 9.17) is 11.5 Å². The molecule has 23 N–H and O–H groups in total. The first-order valence-corrected chi connectivity index (χ1v) is 41.7. The van der Waals surface area contributed by atoms with Crippen LogP contribution in [-0.2, 0) is 103 Å². The molecule has 6 aromatic carbocycles. The second kappa shape index (κ2) is 47.0. The summed E-state index contributed by atoms with van der Waals surface area (Å²) in [5.41, 5.74) is 15.9. The number of nitrogens with two attached hydrogens (primary N) is 2. The number of phenols is 1. The highest BCUT2D eigenvalue weighted by molar-refractivity contribution is 8.76. The second-order valence-electron chi connectivity index (χ2n) is 29.5. The first-order valence-electron chi connectivity index (χ1n) is 39.3. The largest absolute Gasteiger partial charge is 0.508 e. The Labute approximate surface area is 701 Å². The lowest BCUT2D eigenvalue weighted by Gasteiger charge is -2.29.